The van der Waals surface area contributed by atoms with Crippen molar-refractivity contribution < 1.29 is 23.4 Å². The van der Waals surface area contributed by atoms with E-state index in [4.69, 9.17) is 31.5 Å². The normalized spacial score (nSPS) is 15.9. The molecule has 0 aromatic heterocycles. The Morgan fingerprint density at radius 2 is 2.00 bits per heavy atom. The van der Waals surface area contributed by atoms with E-state index in [9.17, 15) is 14.4 Å². The van der Waals surface area contributed by atoms with E-state index in [0.29, 0.717) is 16.9 Å². The molecule has 8 heteroatoms. The first-order chi connectivity index (χ1) is 14.8. The molecule has 6 nitrogen and oxygen atoms in total. The molecule has 1 heterocycles. The maximum Gasteiger partial charge on any atom is 0.338 e. The van der Waals surface area contributed by atoms with Gasteiger partial charge in [0.15, 0.2) is 0 Å². The van der Waals surface area contributed by atoms with Crippen LogP contribution in [0.3, 0.4) is 0 Å². The number of nitrogens with zero attached hydrogens (tertiary/aromatic N) is 1. The van der Waals surface area contributed by atoms with E-state index >= 15 is 0 Å². The highest BCUT2D eigenvalue weighted by Crippen LogP contribution is 2.40. The molecule has 31 heavy (non-hydrogen) atoms. The van der Waals surface area contributed by atoms with Crippen molar-refractivity contribution in [2.24, 2.45) is 5.73 Å². The van der Waals surface area contributed by atoms with Crippen LogP contribution >= 0.6 is 11.6 Å². The fourth-order valence-corrected chi connectivity index (χ4v) is 3.36. The zero-order valence-corrected chi connectivity index (χ0v) is 17.7. The third-order valence-electron chi connectivity index (χ3n) is 4.70. The molecule has 3 rings (SSSR count). The van der Waals surface area contributed by atoms with Crippen molar-refractivity contribution in [3.05, 3.63) is 87.2 Å². The Bertz CT molecular complexity index is 1100. The number of allylic oxidation sites excluding steroid dienone is 2. The molecule has 0 spiro atoms. The van der Waals surface area contributed by atoms with Gasteiger partial charge in [0.2, 0.25) is 5.88 Å². The van der Waals surface area contributed by atoms with Crippen LogP contribution in [0, 0.1) is 17.1 Å². The Hall–Kier alpha value is -3.50. The molecule has 0 bridgehead atoms. The molecule has 0 radical (unpaired) electrons. The maximum atomic E-state index is 13.6. The minimum absolute atomic E-state index is 0.0472. The lowest BCUT2D eigenvalue weighted by Gasteiger charge is -2.26. The molecule has 2 aromatic rings. The van der Waals surface area contributed by atoms with Crippen LogP contribution in [0.15, 0.2) is 65.3 Å². The van der Waals surface area contributed by atoms with Gasteiger partial charge in [-0.1, -0.05) is 29.8 Å². The molecule has 2 aromatic carbocycles. The maximum absolute atomic E-state index is 13.6. The molecule has 1 aliphatic heterocycles. The van der Waals surface area contributed by atoms with Crippen molar-refractivity contribution in [3.63, 3.8) is 0 Å². The van der Waals surface area contributed by atoms with Crippen molar-refractivity contribution >= 4 is 17.6 Å². The van der Waals surface area contributed by atoms with Crippen molar-refractivity contribution in [1.29, 1.82) is 5.26 Å². The van der Waals surface area contributed by atoms with Crippen molar-refractivity contribution in [3.8, 4) is 11.8 Å². The number of rotatable bonds is 6. The van der Waals surface area contributed by atoms with Crippen LogP contribution in [0.1, 0.15) is 30.9 Å². The first kappa shape index (κ1) is 22.2. The number of carbonyl (C=O) groups is 1. The molecule has 1 aliphatic rings. The summed E-state index contributed by atoms with van der Waals surface area (Å²) in [5.41, 5.74) is 7.51. The van der Waals surface area contributed by atoms with Crippen LogP contribution in [0.2, 0.25) is 5.02 Å². The van der Waals surface area contributed by atoms with Gasteiger partial charge in [-0.25, -0.2) is 9.18 Å². The van der Waals surface area contributed by atoms with Crippen molar-refractivity contribution in [1.82, 2.24) is 0 Å². The summed E-state index contributed by atoms with van der Waals surface area (Å²) >= 11 is 5.69. The number of benzene rings is 2. The molecule has 0 saturated heterocycles. The van der Waals surface area contributed by atoms with E-state index < -0.39 is 17.7 Å². The van der Waals surface area contributed by atoms with E-state index in [2.05, 4.69) is 0 Å². The Kier molecular flexibility index (Phi) is 6.83. The Balaban J connectivity index is 1.85. The summed E-state index contributed by atoms with van der Waals surface area (Å²) < 4.78 is 29.8. The zero-order valence-electron chi connectivity index (χ0n) is 16.9. The molecule has 0 saturated carbocycles. The number of nitriles is 1. The number of esters is 1. The predicted octanol–water partition coefficient (Wildman–Crippen LogP) is 4.70. The average molecular weight is 443 g/mol. The molecule has 2 N–H and O–H groups in total. The van der Waals surface area contributed by atoms with Crippen LogP contribution in [0.25, 0.3) is 0 Å². The summed E-state index contributed by atoms with van der Waals surface area (Å²) in [5.74, 6) is -1.06. The SMILES string of the molecule is CCOC(=O)C1=C(C)OC(N)=C(C#N)C1c1ccc(OCc2ccc(Cl)c(F)c2)cc1. The number of carbonyl (C=O) groups excluding carboxylic acids is 1. The summed E-state index contributed by atoms with van der Waals surface area (Å²) in [6, 6.07) is 13.3. The van der Waals surface area contributed by atoms with E-state index in [-0.39, 0.29) is 41.0 Å². The van der Waals surface area contributed by atoms with Gasteiger partial charge < -0.3 is 19.9 Å². The summed E-state index contributed by atoms with van der Waals surface area (Å²) in [4.78, 5) is 12.5. The summed E-state index contributed by atoms with van der Waals surface area (Å²) in [7, 11) is 0. The average Bonchev–Trinajstić information content (AvgIpc) is 2.74. The molecule has 0 fully saturated rings. The third kappa shape index (κ3) is 4.81. The first-order valence-corrected chi connectivity index (χ1v) is 9.85. The number of hydrogen-bond donors (Lipinski definition) is 1. The summed E-state index contributed by atoms with van der Waals surface area (Å²) in [6.45, 7) is 3.62. The Morgan fingerprint density at radius 1 is 1.29 bits per heavy atom. The van der Waals surface area contributed by atoms with Gasteiger partial charge in [0.05, 0.1) is 23.1 Å². The second-order valence-corrected chi connectivity index (χ2v) is 7.13. The molecule has 0 amide bonds. The highest BCUT2D eigenvalue weighted by Gasteiger charge is 2.36. The van der Waals surface area contributed by atoms with Crippen molar-refractivity contribution in [2.75, 3.05) is 6.61 Å². The molecular weight excluding hydrogens is 423 g/mol. The first-order valence-electron chi connectivity index (χ1n) is 9.47. The Morgan fingerprint density at radius 3 is 2.61 bits per heavy atom. The van der Waals surface area contributed by atoms with Gasteiger partial charge in [0.25, 0.3) is 0 Å². The van der Waals surface area contributed by atoms with Gasteiger partial charge in [-0.05, 0) is 49.2 Å². The molecular formula is C23H20ClFN2O4. The Labute approximate surface area is 184 Å². The van der Waals surface area contributed by atoms with E-state index in [0.717, 1.165) is 0 Å². The third-order valence-corrected chi connectivity index (χ3v) is 5.01. The van der Waals surface area contributed by atoms with Crippen molar-refractivity contribution in [2.45, 2.75) is 26.4 Å². The lowest BCUT2D eigenvalue weighted by Crippen LogP contribution is -2.25. The van der Waals surface area contributed by atoms with E-state index in [1.54, 1.807) is 44.2 Å². The molecule has 1 unspecified atom stereocenters. The van der Waals surface area contributed by atoms with Gasteiger partial charge in [0.1, 0.15) is 35.6 Å². The fourth-order valence-electron chi connectivity index (χ4n) is 3.24. The number of halogens is 2. The highest BCUT2D eigenvalue weighted by molar-refractivity contribution is 6.30. The van der Waals surface area contributed by atoms with Gasteiger partial charge in [0, 0.05) is 0 Å². The van der Waals surface area contributed by atoms with Gasteiger partial charge in [-0.2, -0.15) is 5.26 Å². The minimum Gasteiger partial charge on any atom is -0.489 e. The molecule has 160 valence electrons. The number of ether oxygens (including phenoxy) is 3. The monoisotopic (exact) mass is 442 g/mol. The van der Waals surface area contributed by atoms with Crippen LogP contribution in [0.5, 0.6) is 5.75 Å². The number of hydrogen-bond acceptors (Lipinski definition) is 6. The largest absolute Gasteiger partial charge is 0.489 e. The fraction of sp³-hybridized carbons (Fsp3) is 0.217. The second-order valence-electron chi connectivity index (χ2n) is 6.72. The summed E-state index contributed by atoms with van der Waals surface area (Å²) in [6.07, 6.45) is 0. The van der Waals surface area contributed by atoms with Crippen LogP contribution in [0.4, 0.5) is 4.39 Å². The highest BCUT2D eigenvalue weighted by atomic mass is 35.5. The summed E-state index contributed by atoms with van der Waals surface area (Å²) in [5, 5.41) is 9.66. The van der Waals surface area contributed by atoms with Gasteiger partial charge in [-0.15, -0.1) is 0 Å². The predicted molar refractivity (Wildman–Crippen MR) is 112 cm³/mol. The zero-order chi connectivity index (χ0) is 22.5. The van der Waals surface area contributed by atoms with E-state index in [1.165, 1.54) is 12.1 Å². The van der Waals surface area contributed by atoms with Crippen LogP contribution in [-0.4, -0.2) is 12.6 Å². The smallest absolute Gasteiger partial charge is 0.338 e. The molecule has 0 aliphatic carbocycles. The van der Waals surface area contributed by atoms with E-state index in [1.807, 2.05) is 6.07 Å². The number of nitrogens with two attached hydrogens (primary N) is 1. The van der Waals surface area contributed by atoms with Gasteiger partial charge in [-0.3, -0.25) is 0 Å². The minimum atomic E-state index is -0.725. The van der Waals surface area contributed by atoms with Crippen LogP contribution < -0.4 is 10.5 Å². The lowest BCUT2D eigenvalue weighted by atomic mass is 9.83. The molecule has 1 atom stereocenters. The second kappa shape index (κ2) is 9.54. The van der Waals surface area contributed by atoms with Gasteiger partial charge >= 0.3 is 5.97 Å². The topological polar surface area (TPSA) is 94.6 Å². The quantitative estimate of drug-likeness (QED) is 0.651. The lowest BCUT2D eigenvalue weighted by molar-refractivity contribution is -0.139. The van der Waals surface area contributed by atoms with Crippen LogP contribution in [-0.2, 0) is 20.9 Å². The standard InChI is InChI=1S/C23H20ClFN2O4/c1-3-29-23(28)20-13(2)31-22(27)17(11-26)21(20)15-5-7-16(8-6-15)30-12-14-4-9-18(24)19(25)10-14/h4-10,21H,3,12,27H2,1-2H3.